The number of carbonyl (C=O) groups excluding carboxylic acids is 1. The van der Waals surface area contributed by atoms with E-state index in [2.05, 4.69) is 6.58 Å². The van der Waals surface area contributed by atoms with E-state index >= 15 is 0 Å². The SMILES string of the molecule is C=CC(=O)OCCCCCCCCCCCCCCCCC[Si](C)(C)F. The molecule has 0 fully saturated rings. The third kappa shape index (κ3) is 21.4. The van der Waals surface area contributed by atoms with E-state index in [4.69, 9.17) is 4.74 Å². The highest BCUT2D eigenvalue weighted by Gasteiger charge is 2.18. The van der Waals surface area contributed by atoms with Crippen LogP contribution in [0.15, 0.2) is 12.7 Å². The van der Waals surface area contributed by atoms with Gasteiger partial charge in [0.1, 0.15) is 0 Å². The van der Waals surface area contributed by atoms with Gasteiger partial charge in [0.25, 0.3) is 0 Å². The van der Waals surface area contributed by atoms with E-state index < -0.39 is 8.41 Å². The van der Waals surface area contributed by atoms with Crippen molar-refractivity contribution in [3.63, 3.8) is 0 Å². The minimum Gasteiger partial charge on any atom is -0.463 e. The van der Waals surface area contributed by atoms with E-state index in [0.717, 1.165) is 25.3 Å². The summed E-state index contributed by atoms with van der Waals surface area (Å²) in [6.07, 6.45) is 20.3. The Morgan fingerprint density at radius 3 is 1.46 bits per heavy atom. The van der Waals surface area contributed by atoms with Crippen molar-refractivity contribution in [3.8, 4) is 0 Å². The summed E-state index contributed by atoms with van der Waals surface area (Å²) < 4.78 is 18.4. The van der Waals surface area contributed by atoms with E-state index in [1.54, 1.807) is 0 Å². The van der Waals surface area contributed by atoms with Gasteiger partial charge in [-0.3, -0.25) is 0 Å². The molecule has 2 nitrogen and oxygen atoms in total. The van der Waals surface area contributed by atoms with Crippen LogP contribution in [0.5, 0.6) is 0 Å². The highest BCUT2D eigenvalue weighted by molar-refractivity contribution is 6.70. The molecule has 0 radical (unpaired) electrons. The zero-order valence-electron chi connectivity index (χ0n) is 17.5. The molecule has 0 N–H and O–H groups in total. The van der Waals surface area contributed by atoms with Crippen molar-refractivity contribution in [1.29, 1.82) is 0 Å². The largest absolute Gasteiger partial charge is 0.463 e. The van der Waals surface area contributed by atoms with Gasteiger partial charge >= 0.3 is 5.97 Å². The van der Waals surface area contributed by atoms with Gasteiger partial charge in [0.05, 0.1) is 6.61 Å². The second-order valence-electron chi connectivity index (χ2n) is 8.14. The predicted octanol–water partition coefficient (Wildman–Crippen LogP) is 7.74. The quantitative estimate of drug-likeness (QED) is 0.0746. The summed E-state index contributed by atoms with van der Waals surface area (Å²) in [7, 11) is -2.29. The number of hydrogen-bond acceptors (Lipinski definition) is 2. The molecule has 0 aromatic rings. The number of esters is 1. The number of rotatable bonds is 19. The second-order valence-corrected chi connectivity index (χ2v) is 12.1. The molecule has 4 heteroatoms. The minimum atomic E-state index is -2.29. The molecule has 0 atom stereocenters. The average molecular weight is 387 g/mol. The van der Waals surface area contributed by atoms with Gasteiger partial charge in [-0.1, -0.05) is 96.5 Å². The van der Waals surface area contributed by atoms with Crippen LogP contribution < -0.4 is 0 Å². The van der Waals surface area contributed by atoms with Crippen molar-refractivity contribution in [1.82, 2.24) is 0 Å². The van der Waals surface area contributed by atoms with Crippen LogP contribution in [0, 0.1) is 0 Å². The Morgan fingerprint density at radius 2 is 1.12 bits per heavy atom. The highest BCUT2D eigenvalue weighted by atomic mass is 28.4. The lowest BCUT2D eigenvalue weighted by Gasteiger charge is -2.09. The maximum absolute atomic E-state index is 13.4. The van der Waals surface area contributed by atoms with Crippen LogP contribution in [0.2, 0.25) is 19.1 Å². The Hall–Kier alpha value is -0.643. The predicted molar refractivity (Wildman–Crippen MR) is 114 cm³/mol. The van der Waals surface area contributed by atoms with Crippen LogP contribution in [0.3, 0.4) is 0 Å². The van der Waals surface area contributed by atoms with Crippen molar-refractivity contribution in [2.75, 3.05) is 6.61 Å². The Morgan fingerprint density at radius 1 is 0.769 bits per heavy atom. The third-order valence-corrected chi connectivity index (χ3v) is 6.37. The number of carbonyl (C=O) groups is 1. The van der Waals surface area contributed by atoms with Crippen molar-refractivity contribution in [2.45, 2.75) is 115 Å². The van der Waals surface area contributed by atoms with Crippen molar-refractivity contribution in [3.05, 3.63) is 12.7 Å². The van der Waals surface area contributed by atoms with Gasteiger partial charge in [-0.2, -0.15) is 0 Å². The van der Waals surface area contributed by atoms with Gasteiger partial charge in [0, 0.05) is 6.08 Å². The first-order valence-corrected chi connectivity index (χ1v) is 14.0. The number of halogens is 1. The monoisotopic (exact) mass is 386 g/mol. The maximum Gasteiger partial charge on any atom is 0.330 e. The topological polar surface area (TPSA) is 26.3 Å². The first-order chi connectivity index (χ1) is 12.5. The summed E-state index contributed by atoms with van der Waals surface area (Å²) in [6.45, 7) is 7.54. The van der Waals surface area contributed by atoms with Crippen LogP contribution in [-0.2, 0) is 9.53 Å². The molecule has 0 saturated heterocycles. The molecule has 0 amide bonds. The molecule has 0 saturated carbocycles. The summed E-state index contributed by atoms with van der Waals surface area (Å²) in [5, 5.41) is 0. The van der Waals surface area contributed by atoms with Crippen LogP contribution in [0.25, 0.3) is 0 Å². The normalized spacial score (nSPS) is 11.5. The average Bonchev–Trinajstić information content (AvgIpc) is 2.59. The lowest BCUT2D eigenvalue weighted by atomic mass is 10.0. The van der Waals surface area contributed by atoms with E-state index in [1.807, 2.05) is 13.1 Å². The van der Waals surface area contributed by atoms with Gasteiger partial charge in [0.15, 0.2) is 0 Å². The van der Waals surface area contributed by atoms with E-state index in [0.29, 0.717) is 6.61 Å². The fraction of sp³-hybridized carbons (Fsp3) is 0.864. The highest BCUT2D eigenvalue weighted by Crippen LogP contribution is 2.17. The van der Waals surface area contributed by atoms with Crippen LogP contribution in [0.1, 0.15) is 96.3 Å². The van der Waals surface area contributed by atoms with Gasteiger partial charge in [0.2, 0.25) is 8.41 Å². The molecule has 0 aromatic heterocycles. The molecular weight excluding hydrogens is 343 g/mol. The molecule has 0 spiro atoms. The molecule has 154 valence electrons. The molecular formula is C22H43FO2Si. The Kier molecular flexibility index (Phi) is 17.3. The molecule has 0 heterocycles. The van der Waals surface area contributed by atoms with Crippen LogP contribution >= 0.6 is 0 Å². The number of hydrogen-bond donors (Lipinski definition) is 0. The summed E-state index contributed by atoms with van der Waals surface area (Å²) in [5.41, 5.74) is 0. The van der Waals surface area contributed by atoms with Gasteiger partial charge in [-0.15, -0.1) is 0 Å². The molecule has 0 aliphatic rings. The van der Waals surface area contributed by atoms with Crippen LogP contribution in [-0.4, -0.2) is 21.0 Å². The first-order valence-electron chi connectivity index (χ1n) is 10.9. The molecule has 0 aliphatic heterocycles. The maximum atomic E-state index is 13.4. The summed E-state index contributed by atoms with van der Waals surface area (Å²) >= 11 is 0. The Labute approximate surface area is 163 Å². The van der Waals surface area contributed by atoms with Gasteiger partial charge < -0.3 is 8.84 Å². The smallest absolute Gasteiger partial charge is 0.330 e. The molecule has 0 rings (SSSR count). The number of ether oxygens (including phenoxy) is 1. The van der Waals surface area contributed by atoms with Crippen molar-refractivity contribution < 1.29 is 13.6 Å². The third-order valence-electron chi connectivity index (χ3n) is 4.83. The standard InChI is InChI=1S/C22H43FO2Si/c1-4-22(24)25-20-18-16-14-12-10-8-6-5-7-9-11-13-15-17-19-21-26(2,3)23/h4H,1,5-21H2,2-3H3. The lowest BCUT2D eigenvalue weighted by Crippen LogP contribution is -2.16. The van der Waals surface area contributed by atoms with Gasteiger partial charge in [-0.25, -0.2) is 4.79 Å². The zero-order valence-corrected chi connectivity index (χ0v) is 18.5. The Balaban J connectivity index is 3.07. The fourth-order valence-corrected chi connectivity index (χ4v) is 4.27. The second kappa shape index (κ2) is 17.8. The van der Waals surface area contributed by atoms with E-state index in [9.17, 15) is 8.90 Å². The number of unbranched alkanes of at least 4 members (excludes halogenated alkanes) is 14. The Bertz CT molecular complexity index is 340. The molecule has 0 bridgehead atoms. The van der Waals surface area contributed by atoms with E-state index in [1.165, 1.54) is 83.1 Å². The van der Waals surface area contributed by atoms with Crippen LogP contribution in [0.4, 0.5) is 4.11 Å². The van der Waals surface area contributed by atoms with Crippen molar-refractivity contribution in [2.24, 2.45) is 0 Å². The fourth-order valence-electron chi connectivity index (χ4n) is 3.18. The van der Waals surface area contributed by atoms with Crippen molar-refractivity contribution >= 4 is 14.4 Å². The molecule has 0 aromatic carbocycles. The first kappa shape index (κ1) is 25.4. The molecule has 0 aliphatic carbocycles. The minimum absolute atomic E-state index is 0.313. The van der Waals surface area contributed by atoms with Gasteiger partial charge in [-0.05, 0) is 25.6 Å². The summed E-state index contributed by atoms with van der Waals surface area (Å²) in [4.78, 5) is 10.9. The lowest BCUT2D eigenvalue weighted by molar-refractivity contribution is -0.137. The van der Waals surface area contributed by atoms with E-state index in [-0.39, 0.29) is 5.97 Å². The molecule has 0 unspecified atom stereocenters. The zero-order chi connectivity index (χ0) is 19.5. The summed E-state index contributed by atoms with van der Waals surface area (Å²) in [6, 6.07) is 0.843. The molecule has 26 heavy (non-hydrogen) atoms. The summed E-state index contributed by atoms with van der Waals surface area (Å²) in [5.74, 6) is -0.313.